The van der Waals surface area contributed by atoms with Crippen LogP contribution in [0.25, 0.3) is 23.3 Å². The van der Waals surface area contributed by atoms with Gasteiger partial charge in [-0.1, -0.05) is 0 Å². The molecule has 4 aliphatic rings. The van der Waals surface area contributed by atoms with Gasteiger partial charge in [0, 0.05) is 0 Å². The Morgan fingerprint density at radius 3 is 1.94 bits per heavy atom. The summed E-state index contributed by atoms with van der Waals surface area (Å²) in [6.45, 7) is 12.1. The van der Waals surface area contributed by atoms with E-state index >= 15 is 0 Å². The molecule has 0 saturated heterocycles. The van der Waals surface area contributed by atoms with Gasteiger partial charge in [-0.2, -0.15) is 0 Å². The first-order valence-electron chi connectivity index (χ1n) is 19.0. The summed E-state index contributed by atoms with van der Waals surface area (Å²) < 4.78 is 0.351. The number of allylic oxidation sites excluding steroid dienone is 2. The summed E-state index contributed by atoms with van der Waals surface area (Å²) in [6, 6.07) is 23.7. The zero-order valence-corrected chi connectivity index (χ0v) is 34.6. The molecule has 0 heterocycles. The zero-order valence-electron chi connectivity index (χ0n) is 29.4. The van der Waals surface area contributed by atoms with Crippen LogP contribution in [0.2, 0.25) is 13.1 Å². The number of hydrogen-bond acceptors (Lipinski definition) is 0. The fraction of sp³-hybridized carbons (Fsp3) is 0.488. The summed E-state index contributed by atoms with van der Waals surface area (Å²) >= 11 is -4.75. The standard InChI is InChI=1S/C22H23.C19H25.C2H7Si.2ClH.Zr/c1-16-14-20-8-5-9-21(22(20)15-16)19-12-10-18(11-13-19)17-6-3-2-4-7-17;1-3-14(2)18-11-7-10-16-12-17(13-19(16)18)15-8-5-4-6-9-15;1-3-2;;;/h5,8-15,17H,2-4,6-7H2,1H3;7,10-15H,3-6,8-9H2,1-2H3;3H,1-2H3;2*1H;/q;;;;;+2/p-2. The number of hydrogen-bond donors (Lipinski definition) is 0. The molecule has 0 N–H and O–H groups in total. The van der Waals surface area contributed by atoms with Gasteiger partial charge in [-0.3, -0.25) is 0 Å². The molecule has 0 nitrogen and oxygen atoms in total. The van der Waals surface area contributed by atoms with Crippen LogP contribution < -0.4 is 0 Å². The van der Waals surface area contributed by atoms with Crippen molar-refractivity contribution in [3.8, 4) is 11.1 Å². The van der Waals surface area contributed by atoms with E-state index in [1.165, 1.54) is 114 Å². The third kappa shape index (κ3) is 5.82. The van der Waals surface area contributed by atoms with Gasteiger partial charge in [0.1, 0.15) is 0 Å². The van der Waals surface area contributed by atoms with Crippen molar-refractivity contribution in [3.63, 3.8) is 0 Å². The van der Waals surface area contributed by atoms with Gasteiger partial charge in [0.15, 0.2) is 0 Å². The number of rotatable bonds is 8. The van der Waals surface area contributed by atoms with Crippen LogP contribution in [0.1, 0.15) is 144 Å². The normalized spacial score (nSPS) is 23.5. The summed E-state index contributed by atoms with van der Waals surface area (Å²) in [5, 5.41) is 0. The molecule has 3 aromatic rings. The Morgan fingerprint density at radius 1 is 0.723 bits per heavy atom. The van der Waals surface area contributed by atoms with Gasteiger partial charge in [-0.15, -0.1) is 0 Å². The minimum absolute atomic E-state index is 0.151. The first-order valence-corrected chi connectivity index (χ1v) is 35.3. The van der Waals surface area contributed by atoms with Crippen molar-refractivity contribution in [1.29, 1.82) is 0 Å². The van der Waals surface area contributed by atoms with E-state index in [9.17, 15) is 0 Å². The monoisotopic (exact) mass is 759 g/mol. The molecule has 0 spiro atoms. The molecular weight excluding hydrogens is 707 g/mol. The molecule has 4 heteroatoms. The van der Waals surface area contributed by atoms with Crippen molar-refractivity contribution in [2.24, 2.45) is 5.92 Å². The Hall–Kier alpha value is -1.18. The van der Waals surface area contributed by atoms with Crippen LogP contribution in [0.3, 0.4) is 0 Å². The van der Waals surface area contributed by atoms with Gasteiger partial charge >= 0.3 is 296 Å². The van der Waals surface area contributed by atoms with Gasteiger partial charge in [0.25, 0.3) is 0 Å². The fourth-order valence-electron chi connectivity index (χ4n) is 10.2. The fourth-order valence-corrected chi connectivity index (χ4v) is 42.2. The summed E-state index contributed by atoms with van der Waals surface area (Å²) in [5.41, 5.74) is 14.4. The molecule has 249 valence electrons. The summed E-state index contributed by atoms with van der Waals surface area (Å²) in [4.78, 5) is 0. The molecule has 47 heavy (non-hydrogen) atoms. The van der Waals surface area contributed by atoms with Gasteiger partial charge < -0.3 is 0 Å². The van der Waals surface area contributed by atoms with Crippen molar-refractivity contribution in [1.82, 2.24) is 0 Å². The molecule has 3 atom stereocenters. The summed E-state index contributed by atoms with van der Waals surface area (Å²) in [7, 11) is 17.5. The summed E-state index contributed by atoms with van der Waals surface area (Å²) in [5.74, 6) is 0.279. The molecule has 2 saturated carbocycles. The second kappa shape index (κ2) is 13.5. The Balaban J connectivity index is 1.35. The predicted molar refractivity (Wildman–Crippen MR) is 207 cm³/mol. The Labute approximate surface area is 294 Å². The van der Waals surface area contributed by atoms with Crippen LogP contribution in [0.15, 0.2) is 71.8 Å². The first-order chi connectivity index (χ1) is 22.6. The first kappa shape index (κ1) is 34.3. The third-order valence-corrected chi connectivity index (χ3v) is 65.1. The molecule has 0 amide bonds. The van der Waals surface area contributed by atoms with E-state index in [1.807, 2.05) is 0 Å². The SMILES string of the molecule is CCC(C)c1cccc2c1C=C(C1CCCCC1)[CH]2[Zr]([Cl])([Cl])([CH]1C(C)=Cc2c(-c3ccc(C4CCCCC4)cc3)cccc21)[SiH](C)C. The van der Waals surface area contributed by atoms with Crippen LogP contribution >= 0.6 is 17.0 Å². The van der Waals surface area contributed by atoms with E-state index in [2.05, 4.69) is 107 Å². The third-order valence-electron chi connectivity index (χ3n) is 13.1. The van der Waals surface area contributed by atoms with E-state index in [0.717, 1.165) is 12.3 Å². The second-order valence-electron chi connectivity index (χ2n) is 16.0. The number of halogens is 2. The van der Waals surface area contributed by atoms with Crippen molar-refractivity contribution in [3.05, 3.63) is 105 Å². The topological polar surface area (TPSA) is 0 Å². The van der Waals surface area contributed by atoms with Crippen molar-refractivity contribution < 1.29 is 15.6 Å². The van der Waals surface area contributed by atoms with E-state index < -0.39 is 21.5 Å². The molecular formula is C43H55Cl2SiZr. The minimum atomic E-state index is -4.75. The molecule has 0 bridgehead atoms. The number of fused-ring (bicyclic) bond motifs is 2. The molecule has 0 aromatic heterocycles. The predicted octanol–water partition coefficient (Wildman–Crippen LogP) is 14.1. The molecule has 3 unspecified atom stereocenters. The molecule has 0 aliphatic heterocycles. The zero-order chi connectivity index (χ0) is 32.9. The molecule has 0 radical (unpaired) electrons. The molecule has 4 aliphatic carbocycles. The quantitative estimate of drug-likeness (QED) is 0.201. The van der Waals surface area contributed by atoms with E-state index in [1.54, 1.807) is 5.57 Å². The van der Waals surface area contributed by atoms with Crippen LogP contribution in [0.4, 0.5) is 0 Å². The van der Waals surface area contributed by atoms with Crippen molar-refractivity contribution >= 4 is 35.1 Å². The summed E-state index contributed by atoms with van der Waals surface area (Å²) in [6.07, 6.45) is 19.6. The van der Waals surface area contributed by atoms with Crippen molar-refractivity contribution in [2.45, 2.75) is 124 Å². The van der Waals surface area contributed by atoms with Crippen LogP contribution in [-0.4, -0.2) is 5.92 Å². The Bertz CT molecular complexity index is 1690. The molecule has 2 fully saturated rings. The number of benzene rings is 3. The maximum atomic E-state index is 8.73. The average molecular weight is 762 g/mol. The van der Waals surface area contributed by atoms with E-state index in [0.29, 0.717) is 11.8 Å². The second-order valence-corrected chi connectivity index (χ2v) is 58.5. The average Bonchev–Trinajstić information content (AvgIpc) is 3.68. The van der Waals surface area contributed by atoms with Crippen molar-refractivity contribution in [2.75, 3.05) is 0 Å². The van der Waals surface area contributed by atoms with Gasteiger partial charge in [-0.05, 0) is 0 Å². The molecule has 3 aromatic carbocycles. The molecule has 7 rings (SSSR count). The van der Waals surface area contributed by atoms with Gasteiger partial charge in [-0.25, -0.2) is 0 Å². The van der Waals surface area contributed by atoms with Crippen LogP contribution in [-0.2, 0) is 15.6 Å². The Morgan fingerprint density at radius 2 is 1.32 bits per heavy atom. The van der Waals surface area contributed by atoms with Crippen LogP contribution in [0.5, 0.6) is 0 Å². The maximum absolute atomic E-state index is 8.73. The Kier molecular flexibility index (Phi) is 9.85. The van der Waals surface area contributed by atoms with Crippen LogP contribution in [0, 0.1) is 5.92 Å². The van der Waals surface area contributed by atoms with Gasteiger partial charge in [0.05, 0.1) is 0 Å². The van der Waals surface area contributed by atoms with E-state index in [-0.39, 0.29) is 7.25 Å². The van der Waals surface area contributed by atoms with E-state index in [4.69, 9.17) is 17.0 Å². The van der Waals surface area contributed by atoms with Gasteiger partial charge in [0.2, 0.25) is 0 Å².